The highest BCUT2D eigenvalue weighted by molar-refractivity contribution is 5.91. The van der Waals surface area contributed by atoms with Crippen molar-refractivity contribution in [3.05, 3.63) is 47.9 Å². The molecule has 2 aromatic heterocycles. The zero-order valence-electron chi connectivity index (χ0n) is 9.71. The van der Waals surface area contributed by atoms with Gasteiger partial charge < -0.3 is 10.1 Å². The number of nitrogens with zero attached hydrogens (tertiary/aromatic N) is 2. The van der Waals surface area contributed by atoms with Gasteiger partial charge in [0, 0.05) is 17.1 Å². The normalized spacial score (nSPS) is 10.9. The van der Waals surface area contributed by atoms with Gasteiger partial charge in [-0.2, -0.15) is 5.10 Å². The summed E-state index contributed by atoms with van der Waals surface area (Å²) in [4.78, 5) is 14.2. The summed E-state index contributed by atoms with van der Waals surface area (Å²) in [6, 6.07) is 7.83. The van der Waals surface area contributed by atoms with E-state index in [0.29, 0.717) is 5.69 Å². The van der Waals surface area contributed by atoms with Gasteiger partial charge in [0.15, 0.2) is 0 Å². The lowest BCUT2D eigenvalue weighted by Gasteiger charge is -2.02. The van der Waals surface area contributed by atoms with Crippen LogP contribution < -0.4 is 0 Å². The van der Waals surface area contributed by atoms with Gasteiger partial charge in [0.2, 0.25) is 0 Å². The van der Waals surface area contributed by atoms with Gasteiger partial charge in [-0.25, -0.2) is 9.48 Å². The van der Waals surface area contributed by atoms with Crippen LogP contribution in [0.5, 0.6) is 0 Å². The fourth-order valence-corrected chi connectivity index (χ4v) is 2.09. The Balaban J connectivity index is 2.24. The van der Waals surface area contributed by atoms with Crippen LogP contribution in [0.25, 0.3) is 16.6 Å². The molecule has 0 atom stereocenters. The second-order valence-corrected chi connectivity index (χ2v) is 4.08. The van der Waals surface area contributed by atoms with E-state index in [-0.39, 0.29) is 5.56 Å². The quantitative estimate of drug-likeness (QED) is 0.723. The van der Waals surface area contributed by atoms with Crippen molar-refractivity contribution in [1.29, 1.82) is 0 Å². The molecule has 0 fully saturated rings. The molecule has 0 aliphatic rings. The first-order valence-corrected chi connectivity index (χ1v) is 5.53. The van der Waals surface area contributed by atoms with Crippen LogP contribution in [0, 0.1) is 6.92 Å². The molecule has 2 heterocycles. The third kappa shape index (κ3) is 1.41. The van der Waals surface area contributed by atoms with Gasteiger partial charge in [0.25, 0.3) is 0 Å². The summed E-state index contributed by atoms with van der Waals surface area (Å²) < 4.78 is 1.64. The first-order chi connectivity index (χ1) is 8.68. The zero-order valence-corrected chi connectivity index (χ0v) is 9.71. The Bertz CT molecular complexity index is 740. The van der Waals surface area contributed by atoms with E-state index >= 15 is 0 Å². The van der Waals surface area contributed by atoms with Gasteiger partial charge in [-0.3, -0.25) is 0 Å². The number of hydrogen-bond donors (Lipinski definition) is 2. The minimum Gasteiger partial charge on any atom is -0.478 e. The molecule has 18 heavy (non-hydrogen) atoms. The summed E-state index contributed by atoms with van der Waals surface area (Å²) in [5.41, 5.74) is 2.70. The Morgan fingerprint density at radius 1 is 1.39 bits per heavy atom. The number of fused-ring (bicyclic) bond motifs is 1. The number of aromatic amines is 1. The Kier molecular flexibility index (Phi) is 2.19. The molecule has 2 N–H and O–H groups in total. The molecule has 0 bridgehead atoms. The van der Waals surface area contributed by atoms with Crippen LogP contribution in [0.3, 0.4) is 0 Å². The van der Waals surface area contributed by atoms with Crippen molar-refractivity contribution in [2.75, 3.05) is 0 Å². The fraction of sp³-hybridized carbons (Fsp3) is 0.0769. The third-order valence-corrected chi connectivity index (χ3v) is 3.04. The summed E-state index contributed by atoms with van der Waals surface area (Å²) >= 11 is 0. The molecule has 3 aromatic rings. The van der Waals surface area contributed by atoms with Gasteiger partial charge in [0.1, 0.15) is 5.56 Å². The maximum absolute atomic E-state index is 11.0. The molecule has 5 heteroatoms. The molecule has 0 radical (unpaired) electrons. The van der Waals surface area contributed by atoms with E-state index in [2.05, 4.69) is 10.1 Å². The fourth-order valence-electron chi connectivity index (χ4n) is 2.09. The van der Waals surface area contributed by atoms with Crippen LogP contribution in [-0.4, -0.2) is 25.8 Å². The number of nitrogens with one attached hydrogen (secondary N) is 1. The van der Waals surface area contributed by atoms with Crippen molar-refractivity contribution in [2.24, 2.45) is 0 Å². The first kappa shape index (κ1) is 10.6. The SMILES string of the molecule is Cc1c(C(=O)O)cnn1-c1c[nH]c2ccccc12. The molecule has 0 aliphatic carbocycles. The molecule has 0 spiro atoms. The van der Waals surface area contributed by atoms with Gasteiger partial charge in [-0.05, 0) is 13.0 Å². The average molecular weight is 241 g/mol. The van der Waals surface area contributed by atoms with Gasteiger partial charge >= 0.3 is 5.97 Å². The van der Waals surface area contributed by atoms with E-state index in [0.717, 1.165) is 16.6 Å². The highest BCUT2D eigenvalue weighted by Crippen LogP contribution is 2.23. The highest BCUT2D eigenvalue weighted by atomic mass is 16.4. The summed E-state index contributed by atoms with van der Waals surface area (Å²) in [6.45, 7) is 1.75. The Morgan fingerprint density at radius 3 is 2.89 bits per heavy atom. The van der Waals surface area contributed by atoms with E-state index < -0.39 is 5.97 Å². The van der Waals surface area contributed by atoms with E-state index in [1.807, 2.05) is 30.5 Å². The number of para-hydroxylation sites is 1. The Hall–Kier alpha value is -2.56. The predicted molar refractivity (Wildman–Crippen MR) is 67.1 cm³/mol. The van der Waals surface area contributed by atoms with Crippen LogP contribution in [0.4, 0.5) is 0 Å². The number of carboxylic acids is 1. The summed E-state index contributed by atoms with van der Waals surface area (Å²) in [7, 11) is 0. The van der Waals surface area contributed by atoms with E-state index in [4.69, 9.17) is 5.11 Å². The number of carbonyl (C=O) groups is 1. The molecular weight excluding hydrogens is 230 g/mol. The zero-order chi connectivity index (χ0) is 12.7. The maximum atomic E-state index is 11.0. The molecule has 1 aromatic carbocycles. The number of H-pyrrole nitrogens is 1. The third-order valence-electron chi connectivity index (χ3n) is 3.04. The number of hydrogen-bond acceptors (Lipinski definition) is 2. The molecule has 0 saturated carbocycles. The summed E-state index contributed by atoms with van der Waals surface area (Å²) in [5, 5.41) is 14.2. The van der Waals surface area contributed by atoms with Crippen molar-refractivity contribution in [1.82, 2.24) is 14.8 Å². The lowest BCUT2D eigenvalue weighted by molar-refractivity contribution is 0.0696. The van der Waals surface area contributed by atoms with Gasteiger partial charge in [-0.15, -0.1) is 0 Å². The lowest BCUT2D eigenvalue weighted by atomic mass is 10.2. The Labute approximate surface area is 103 Å². The van der Waals surface area contributed by atoms with E-state index in [1.165, 1.54) is 6.20 Å². The standard InChI is InChI=1S/C13H11N3O2/c1-8-10(13(17)18)6-15-16(8)12-7-14-11-5-3-2-4-9(11)12/h2-7,14H,1H3,(H,17,18). The van der Waals surface area contributed by atoms with Crippen LogP contribution in [0.15, 0.2) is 36.7 Å². The summed E-state index contributed by atoms with van der Waals surface area (Å²) in [6.07, 6.45) is 3.20. The lowest BCUT2D eigenvalue weighted by Crippen LogP contribution is -2.01. The Morgan fingerprint density at radius 2 is 2.17 bits per heavy atom. The molecule has 0 saturated heterocycles. The van der Waals surface area contributed by atoms with E-state index in [1.54, 1.807) is 11.6 Å². The number of aromatic nitrogens is 3. The topological polar surface area (TPSA) is 70.9 Å². The molecular formula is C13H11N3O2. The number of aromatic carboxylic acids is 1. The molecule has 0 amide bonds. The average Bonchev–Trinajstić information content (AvgIpc) is 2.92. The second-order valence-electron chi connectivity index (χ2n) is 4.08. The highest BCUT2D eigenvalue weighted by Gasteiger charge is 2.15. The number of rotatable bonds is 2. The minimum atomic E-state index is -0.960. The van der Waals surface area contributed by atoms with Gasteiger partial charge in [0.05, 0.1) is 17.6 Å². The summed E-state index contributed by atoms with van der Waals surface area (Å²) in [5.74, 6) is -0.960. The molecule has 5 nitrogen and oxygen atoms in total. The molecule has 0 unspecified atom stereocenters. The van der Waals surface area contributed by atoms with Crippen LogP contribution >= 0.6 is 0 Å². The van der Waals surface area contributed by atoms with Crippen LogP contribution in [-0.2, 0) is 0 Å². The predicted octanol–water partition coefficient (Wildman–Crippen LogP) is 2.36. The smallest absolute Gasteiger partial charge is 0.339 e. The van der Waals surface area contributed by atoms with Crippen LogP contribution in [0.1, 0.15) is 16.1 Å². The van der Waals surface area contributed by atoms with Crippen LogP contribution in [0.2, 0.25) is 0 Å². The number of benzene rings is 1. The monoisotopic (exact) mass is 241 g/mol. The maximum Gasteiger partial charge on any atom is 0.339 e. The first-order valence-electron chi connectivity index (χ1n) is 5.53. The van der Waals surface area contributed by atoms with Crippen molar-refractivity contribution in [2.45, 2.75) is 6.92 Å². The number of carboxylic acid groups (broad SMARTS) is 1. The van der Waals surface area contributed by atoms with Crippen molar-refractivity contribution in [3.8, 4) is 5.69 Å². The molecule has 90 valence electrons. The van der Waals surface area contributed by atoms with Crippen molar-refractivity contribution >= 4 is 16.9 Å². The van der Waals surface area contributed by atoms with E-state index in [9.17, 15) is 4.79 Å². The second kappa shape index (κ2) is 3.73. The van der Waals surface area contributed by atoms with Crippen molar-refractivity contribution < 1.29 is 9.90 Å². The van der Waals surface area contributed by atoms with Crippen molar-refractivity contribution in [3.63, 3.8) is 0 Å². The molecule has 0 aliphatic heterocycles. The van der Waals surface area contributed by atoms with Gasteiger partial charge in [-0.1, -0.05) is 18.2 Å². The largest absolute Gasteiger partial charge is 0.478 e. The minimum absolute atomic E-state index is 0.222. The molecule has 3 rings (SSSR count).